The third-order valence-corrected chi connectivity index (χ3v) is 4.98. The lowest BCUT2D eigenvalue weighted by Gasteiger charge is -2.32. The summed E-state index contributed by atoms with van der Waals surface area (Å²) in [5.74, 6) is 0.325. The molecule has 2 amide bonds. The maximum atomic E-state index is 12.7. The van der Waals surface area contributed by atoms with Crippen molar-refractivity contribution in [3.8, 4) is 0 Å². The zero-order chi connectivity index (χ0) is 18.0. The van der Waals surface area contributed by atoms with Crippen LogP contribution < -0.4 is 5.32 Å². The summed E-state index contributed by atoms with van der Waals surface area (Å²) in [6.07, 6.45) is 3.96. The van der Waals surface area contributed by atoms with Crippen LogP contribution in [-0.4, -0.2) is 41.3 Å². The van der Waals surface area contributed by atoms with Crippen LogP contribution in [-0.2, 0) is 4.79 Å². The number of benzene rings is 1. The van der Waals surface area contributed by atoms with Crippen LogP contribution in [0, 0.1) is 28.9 Å². The highest BCUT2D eigenvalue weighted by molar-refractivity contribution is 5.95. The van der Waals surface area contributed by atoms with Gasteiger partial charge in [-0.1, -0.05) is 0 Å². The van der Waals surface area contributed by atoms with Crippen molar-refractivity contribution in [1.82, 2.24) is 10.2 Å². The molecule has 1 unspecified atom stereocenters. The third-order valence-electron chi connectivity index (χ3n) is 4.98. The maximum Gasteiger partial charge on any atom is 0.272 e. The van der Waals surface area contributed by atoms with Gasteiger partial charge in [0.2, 0.25) is 5.91 Å². The lowest BCUT2D eigenvalue weighted by atomic mass is 9.96. The molecule has 1 heterocycles. The van der Waals surface area contributed by atoms with Gasteiger partial charge >= 0.3 is 0 Å². The summed E-state index contributed by atoms with van der Waals surface area (Å²) < 4.78 is 0. The number of carbonyl (C=O) groups is 2. The summed E-state index contributed by atoms with van der Waals surface area (Å²) in [6.45, 7) is 3.39. The fourth-order valence-electron chi connectivity index (χ4n) is 3.26. The molecule has 1 saturated heterocycles. The van der Waals surface area contributed by atoms with Gasteiger partial charge in [0.25, 0.3) is 11.6 Å². The quantitative estimate of drug-likeness (QED) is 0.654. The van der Waals surface area contributed by atoms with E-state index in [0.717, 1.165) is 19.4 Å². The van der Waals surface area contributed by atoms with Crippen molar-refractivity contribution in [2.75, 3.05) is 19.6 Å². The molecule has 1 aromatic rings. The van der Waals surface area contributed by atoms with E-state index in [0.29, 0.717) is 30.1 Å². The number of rotatable bonds is 5. The van der Waals surface area contributed by atoms with Gasteiger partial charge in [-0.05, 0) is 50.7 Å². The van der Waals surface area contributed by atoms with E-state index in [-0.39, 0.29) is 23.4 Å². The Kier molecular flexibility index (Phi) is 5.01. The number of aryl methyl sites for hydroxylation is 1. The zero-order valence-corrected chi connectivity index (χ0v) is 14.4. The molecule has 0 aromatic heterocycles. The molecule has 7 heteroatoms. The van der Waals surface area contributed by atoms with Crippen molar-refractivity contribution >= 4 is 17.5 Å². The summed E-state index contributed by atoms with van der Waals surface area (Å²) in [4.78, 5) is 37.1. The van der Waals surface area contributed by atoms with Gasteiger partial charge in [0.05, 0.1) is 10.8 Å². The number of nitro groups is 1. The van der Waals surface area contributed by atoms with E-state index in [9.17, 15) is 19.7 Å². The van der Waals surface area contributed by atoms with Gasteiger partial charge in [-0.25, -0.2) is 0 Å². The number of piperidine rings is 1. The SMILES string of the molecule is Cc1cc(C(=O)N2CCCC(C(=O)NCC3CC3)C2)ccc1[N+](=O)[O-]. The molecule has 1 aromatic carbocycles. The van der Waals surface area contributed by atoms with Crippen LogP contribution in [0.25, 0.3) is 0 Å². The van der Waals surface area contributed by atoms with Gasteiger partial charge in [-0.2, -0.15) is 0 Å². The topological polar surface area (TPSA) is 92.6 Å². The number of nitrogens with one attached hydrogen (secondary N) is 1. The first kappa shape index (κ1) is 17.4. The van der Waals surface area contributed by atoms with E-state index in [1.54, 1.807) is 17.9 Å². The second-order valence-electron chi connectivity index (χ2n) is 7.04. The van der Waals surface area contributed by atoms with Crippen LogP contribution >= 0.6 is 0 Å². The Balaban J connectivity index is 1.63. The van der Waals surface area contributed by atoms with Crippen molar-refractivity contribution in [3.05, 3.63) is 39.4 Å². The number of nitro benzene ring substituents is 1. The van der Waals surface area contributed by atoms with Crippen molar-refractivity contribution in [2.45, 2.75) is 32.6 Å². The van der Waals surface area contributed by atoms with Crippen molar-refractivity contribution < 1.29 is 14.5 Å². The molecular formula is C18H23N3O4. The van der Waals surface area contributed by atoms with E-state index in [1.165, 1.54) is 25.0 Å². The Bertz CT molecular complexity index is 700. The van der Waals surface area contributed by atoms with Crippen LogP contribution in [0.15, 0.2) is 18.2 Å². The van der Waals surface area contributed by atoms with Gasteiger partial charge in [-0.3, -0.25) is 19.7 Å². The Morgan fingerprint density at radius 3 is 2.72 bits per heavy atom. The predicted octanol–water partition coefficient (Wildman–Crippen LogP) is 2.28. The lowest BCUT2D eigenvalue weighted by molar-refractivity contribution is -0.385. The first-order valence-electron chi connectivity index (χ1n) is 8.77. The van der Waals surface area contributed by atoms with E-state index in [4.69, 9.17) is 0 Å². The summed E-state index contributed by atoms with van der Waals surface area (Å²) >= 11 is 0. The number of hydrogen-bond donors (Lipinski definition) is 1. The first-order valence-corrected chi connectivity index (χ1v) is 8.77. The number of carbonyl (C=O) groups excluding carboxylic acids is 2. The molecule has 3 rings (SSSR count). The number of nitrogens with zero attached hydrogens (tertiary/aromatic N) is 2. The monoisotopic (exact) mass is 345 g/mol. The van der Waals surface area contributed by atoms with Gasteiger partial charge in [-0.15, -0.1) is 0 Å². The first-order chi connectivity index (χ1) is 12.0. The molecule has 0 radical (unpaired) electrons. The highest BCUT2D eigenvalue weighted by Gasteiger charge is 2.30. The minimum atomic E-state index is -0.454. The van der Waals surface area contributed by atoms with Gasteiger partial charge in [0.15, 0.2) is 0 Å². The minimum absolute atomic E-state index is 0.00697. The molecule has 2 aliphatic rings. The standard InChI is InChI=1S/C18H23N3O4/c1-12-9-14(6-7-16(12)21(24)25)18(23)20-8-2-3-15(11-20)17(22)19-10-13-4-5-13/h6-7,9,13,15H,2-5,8,10-11H2,1H3,(H,19,22). The molecule has 2 fully saturated rings. The highest BCUT2D eigenvalue weighted by atomic mass is 16.6. The zero-order valence-electron chi connectivity index (χ0n) is 14.4. The van der Waals surface area contributed by atoms with E-state index in [1.807, 2.05) is 0 Å². The molecule has 1 aliphatic carbocycles. The average molecular weight is 345 g/mol. The summed E-state index contributed by atoms with van der Waals surface area (Å²) in [6, 6.07) is 4.41. The Hall–Kier alpha value is -2.44. The highest BCUT2D eigenvalue weighted by Crippen LogP contribution is 2.28. The van der Waals surface area contributed by atoms with Crippen LogP contribution in [0.4, 0.5) is 5.69 Å². The molecule has 1 N–H and O–H groups in total. The molecular weight excluding hydrogens is 322 g/mol. The summed E-state index contributed by atoms with van der Waals surface area (Å²) in [5.41, 5.74) is 0.904. The Labute approximate surface area is 146 Å². The fraction of sp³-hybridized carbons (Fsp3) is 0.556. The van der Waals surface area contributed by atoms with E-state index >= 15 is 0 Å². The number of hydrogen-bond acceptors (Lipinski definition) is 4. The normalized spacial score (nSPS) is 20.2. The van der Waals surface area contributed by atoms with Gasteiger partial charge in [0.1, 0.15) is 0 Å². The molecule has 0 spiro atoms. The van der Waals surface area contributed by atoms with Gasteiger partial charge < -0.3 is 10.2 Å². The van der Waals surface area contributed by atoms with Crippen LogP contribution in [0.2, 0.25) is 0 Å². The Morgan fingerprint density at radius 1 is 1.32 bits per heavy atom. The second kappa shape index (κ2) is 7.21. The van der Waals surface area contributed by atoms with Gasteiger partial charge in [0, 0.05) is 36.8 Å². The largest absolute Gasteiger partial charge is 0.356 e. The third kappa shape index (κ3) is 4.15. The van der Waals surface area contributed by atoms with Crippen LogP contribution in [0.5, 0.6) is 0 Å². The predicted molar refractivity (Wildman–Crippen MR) is 92.2 cm³/mol. The smallest absolute Gasteiger partial charge is 0.272 e. The van der Waals surface area contributed by atoms with Crippen molar-refractivity contribution in [2.24, 2.45) is 11.8 Å². The molecule has 7 nitrogen and oxygen atoms in total. The molecule has 1 saturated carbocycles. The fourth-order valence-corrected chi connectivity index (χ4v) is 3.26. The molecule has 25 heavy (non-hydrogen) atoms. The summed E-state index contributed by atoms with van der Waals surface area (Å²) in [7, 11) is 0. The molecule has 0 bridgehead atoms. The second-order valence-corrected chi connectivity index (χ2v) is 7.04. The van der Waals surface area contributed by atoms with Crippen LogP contribution in [0.3, 0.4) is 0 Å². The number of likely N-dealkylation sites (tertiary alicyclic amines) is 1. The van der Waals surface area contributed by atoms with E-state index in [2.05, 4.69) is 5.32 Å². The maximum absolute atomic E-state index is 12.7. The van der Waals surface area contributed by atoms with E-state index < -0.39 is 4.92 Å². The summed E-state index contributed by atoms with van der Waals surface area (Å²) in [5, 5.41) is 13.9. The number of amides is 2. The molecule has 134 valence electrons. The van der Waals surface area contributed by atoms with Crippen molar-refractivity contribution in [1.29, 1.82) is 0 Å². The van der Waals surface area contributed by atoms with Crippen LogP contribution in [0.1, 0.15) is 41.6 Å². The molecule has 1 atom stereocenters. The lowest BCUT2D eigenvalue weighted by Crippen LogP contribution is -2.45. The Morgan fingerprint density at radius 2 is 2.08 bits per heavy atom. The average Bonchev–Trinajstić information content (AvgIpc) is 3.43. The van der Waals surface area contributed by atoms with Crippen molar-refractivity contribution in [3.63, 3.8) is 0 Å². The minimum Gasteiger partial charge on any atom is -0.356 e. The molecule has 1 aliphatic heterocycles.